The van der Waals surface area contributed by atoms with Crippen LogP contribution in [0, 0.1) is 0 Å². The first-order valence-corrected chi connectivity index (χ1v) is 7.26. The molecule has 2 aromatic heterocycles. The van der Waals surface area contributed by atoms with Crippen molar-refractivity contribution < 1.29 is 0 Å². The van der Waals surface area contributed by atoms with Crippen molar-refractivity contribution in [3.05, 3.63) is 71.7 Å². The van der Waals surface area contributed by atoms with Gasteiger partial charge in [0, 0.05) is 30.1 Å². The van der Waals surface area contributed by atoms with Gasteiger partial charge in [-0.2, -0.15) is 5.10 Å². The third kappa shape index (κ3) is 3.19. The van der Waals surface area contributed by atoms with Crippen molar-refractivity contribution in [2.45, 2.75) is 26.2 Å². The Kier molecular flexibility index (Phi) is 3.82. The van der Waals surface area contributed by atoms with Crippen molar-refractivity contribution in [1.82, 2.24) is 15.2 Å². The van der Waals surface area contributed by atoms with Crippen LogP contribution in [0.4, 0.5) is 0 Å². The Bertz CT molecular complexity index is 697. The number of nitrogens with zero attached hydrogens (tertiary/aromatic N) is 2. The van der Waals surface area contributed by atoms with Gasteiger partial charge in [0.15, 0.2) is 0 Å². The molecule has 0 aliphatic carbocycles. The van der Waals surface area contributed by atoms with Crippen molar-refractivity contribution in [1.29, 1.82) is 0 Å². The smallest absolute Gasteiger partial charge is 0.0924 e. The van der Waals surface area contributed by atoms with Crippen molar-refractivity contribution in [3.63, 3.8) is 0 Å². The van der Waals surface area contributed by atoms with E-state index in [0.717, 1.165) is 23.4 Å². The highest BCUT2D eigenvalue weighted by molar-refractivity contribution is 5.58. The quantitative estimate of drug-likeness (QED) is 0.777. The van der Waals surface area contributed by atoms with Gasteiger partial charge in [-0.05, 0) is 35.2 Å². The molecule has 0 bridgehead atoms. The van der Waals surface area contributed by atoms with Crippen molar-refractivity contribution >= 4 is 0 Å². The van der Waals surface area contributed by atoms with Crippen molar-refractivity contribution in [2.24, 2.45) is 0 Å². The van der Waals surface area contributed by atoms with E-state index in [1.807, 2.05) is 12.1 Å². The SMILES string of the molecule is CC(C)c1ccc(Cc2cc(-c3ccncc3)n[nH]2)cc1. The van der Waals surface area contributed by atoms with Gasteiger partial charge >= 0.3 is 0 Å². The first-order chi connectivity index (χ1) is 10.2. The molecule has 0 aliphatic heterocycles. The molecule has 0 fully saturated rings. The monoisotopic (exact) mass is 277 g/mol. The van der Waals surface area contributed by atoms with Gasteiger partial charge in [0.05, 0.1) is 5.69 Å². The van der Waals surface area contributed by atoms with Gasteiger partial charge in [0.2, 0.25) is 0 Å². The summed E-state index contributed by atoms with van der Waals surface area (Å²) in [6.07, 6.45) is 4.44. The Morgan fingerprint density at radius 3 is 2.38 bits per heavy atom. The maximum Gasteiger partial charge on any atom is 0.0924 e. The van der Waals surface area contributed by atoms with E-state index in [2.05, 4.69) is 59.4 Å². The minimum atomic E-state index is 0.574. The number of rotatable bonds is 4. The van der Waals surface area contributed by atoms with Crippen LogP contribution >= 0.6 is 0 Å². The summed E-state index contributed by atoms with van der Waals surface area (Å²) in [5.74, 6) is 0.574. The van der Waals surface area contributed by atoms with E-state index in [-0.39, 0.29) is 0 Å². The fraction of sp³-hybridized carbons (Fsp3) is 0.222. The fourth-order valence-electron chi connectivity index (χ4n) is 2.36. The highest BCUT2D eigenvalue weighted by Gasteiger charge is 2.05. The highest BCUT2D eigenvalue weighted by Crippen LogP contribution is 2.19. The standard InChI is InChI=1S/C18H19N3/c1-13(2)15-5-3-14(4-6-15)11-17-12-18(21-20-17)16-7-9-19-10-8-16/h3-10,12-13H,11H2,1-2H3,(H,20,21). The summed E-state index contributed by atoms with van der Waals surface area (Å²) in [7, 11) is 0. The Morgan fingerprint density at radius 2 is 1.71 bits per heavy atom. The molecule has 0 atom stereocenters. The molecule has 0 saturated heterocycles. The molecule has 0 amide bonds. The predicted octanol–water partition coefficient (Wildman–Crippen LogP) is 4.19. The second kappa shape index (κ2) is 5.92. The molecular formula is C18H19N3. The second-order valence-corrected chi connectivity index (χ2v) is 5.59. The second-order valence-electron chi connectivity index (χ2n) is 5.59. The van der Waals surface area contributed by atoms with Crippen LogP contribution in [-0.4, -0.2) is 15.2 Å². The van der Waals surface area contributed by atoms with E-state index in [9.17, 15) is 0 Å². The molecule has 3 nitrogen and oxygen atoms in total. The maximum atomic E-state index is 4.38. The van der Waals surface area contributed by atoms with Gasteiger partial charge in [0.25, 0.3) is 0 Å². The van der Waals surface area contributed by atoms with Gasteiger partial charge in [-0.25, -0.2) is 0 Å². The zero-order valence-corrected chi connectivity index (χ0v) is 12.4. The highest BCUT2D eigenvalue weighted by atomic mass is 15.1. The third-order valence-corrected chi connectivity index (χ3v) is 3.65. The summed E-state index contributed by atoms with van der Waals surface area (Å²) >= 11 is 0. The van der Waals surface area contributed by atoms with Gasteiger partial charge in [-0.1, -0.05) is 38.1 Å². The molecule has 0 spiro atoms. The Balaban J connectivity index is 1.75. The lowest BCUT2D eigenvalue weighted by Crippen LogP contribution is -1.91. The lowest BCUT2D eigenvalue weighted by molar-refractivity contribution is 0.865. The first-order valence-electron chi connectivity index (χ1n) is 7.26. The summed E-state index contributed by atoms with van der Waals surface area (Å²) in [5, 5.41) is 7.50. The van der Waals surface area contributed by atoms with Crippen LogP contribution in [0.15, 0.2) is 54.9 Å². The number of H-pyrrole nitrogens is 1. The zero-order valence-electron chi connectivity index (χ0n) is 12.4. The van der Waals surface area contributed by atoms with Gasteiger partial charge < -0.3 is 0 Å². The normalized spacial score (nSPS) is 11.0. The van der Waals surface area contributed by atoms with Crippen LogP contribution in [-0.2, 0) is 6.42 Å². The summed E-state index contributed by atoms with van der Waals surface area (Å²) in [5.41, 5.74) is 5.85. The summed E-state index contributed by atoms with van der Waals surface area (Å²) in [6, 6.07) is 14.9. The van der Waals surface area contributed by atoms with Crippen molar-refractivity contribution in [2.75, 3.05) is 0 Å². The molecule has 1 aromatic carbocycles. The number of benzene rings is 1. The maximum absolute atomic E-state index is 4.38. The molecule has 0 radical (unpaired) electrons. The van der Waals surface area contributed by atoms with E-state index >= 15 is 0 Å². The van der Waals surface area contributed by atoms with E-state index in [1.165, 1.54) is 11.1 Å². The lowest BCUT2D eigenvalue weighted by atomic mass is 10.0. The van der Waals surface area contributed by atoms with Crippen LogP contribution in [0.2, 0.25) is 0 Å². The number of nitrogens with one attached hydrogen (secondary N) is 1. The van der Waals surface area contributed by atoms with Crippen LogP contribution < -0.4 is 0 Å². The lowest BCUT2D eigenvalue weighted by Gasteiger charge is -2.06. The number of pyridine rings is 1. The molecule has 0 saturated carbocycles. The van der Waals surface area contributed by atoms with Crippen LogP contribution in [0.5, 0.6) is 0 Å². The minimum Gasteiger partial charge on any atom is -0.282 e. The largest absolute Gasteiger partial charge is 0.282 e. The average molecular weight is 277 g/mol. The molecule has 0 aliphatic rings. The third-order valence-electron chi connectivity index (χ3n) is 3.65. The number of hydrogen-bond acceptors (Lipinski definition) is 2. The molecule has 3 aromatic rings. The average Bonchev–Trinajstić information content (AvgIpc) is 2.97. The molecule has 3 heteroatoms. The summed E-state index contributed by atoms with van der Waals surface area (Å²) < 4.78 is 0. The Labute approximate surface area is 125 Å². The van der Waals surface area contributed by atoms with E-state index in [1.54, 1.807) is 12.4 Å². The van der Waals surface area contributed by atoms with Crippen LogP contribution in [0.3, 0.4) is 0 Å². The fourth-order valence-corrected chi connectivity index (χ4v) is 2.36. The molecule has 106 valence electrons. The Hall–Kier alpha value is -2.42. The van der Waals surface area contributed by atoms with Gasteiger partial charge in [-0.3, -0.25) is 10.1 Å². The number of aromatic nitrogens is 3. The zero-order chi connectivity index (χ0) is 14.7. The molecule has 2 heterocycles. The predicted molar refractivity (Wildman–Crippen MR) is 85.2 cm³/mol. The Morgan fingerprint density at radius 1 is 1.00 bits per heavy atom. The number of aromatic amines is 1. The van der Waals surface area contributed by atoms with E-state index in [0.29, 0.717) is 5.92 Å². The van der Waals surface area contributed by atoms with Crippen LogP contribution in [0.1, 0.15) is 36.6 Å². The van der Waals surface area contributed by atoms with Crippen LogP contribution in [0.25, 0.3) is 11.3 Å². The molecule has 0 unspecified atom stereocenters. The summed E-state index contributed by atoms with van der Waals surface area (Å²) in [4.78, 5) is 4.03. The van der Waals surface area contributed by atoms with E-state index < -0.39 is 0 Å². The van der Waals surface area contributed by atoms with E-state index in [4.69, 9.17) is 0 Å². The molecule has 1 N–H and O–H groups in total. The molecule has 21 heavy (non-hydrogen) atoms. The minimum absolute atomic E-state index is 0.574. The molecular weight excluding hydrogens is 258 g/mol. The summed E-state index contributed by atoms with van der Waals surface area (Å²) in [6.45, 7) is 4.43. The first kappa shape index (κ1) is 13.6. The van der Waals surface area contributed by atoms with Gasteiger partial charge in [0.1, 0.15) is 0 Å². The molecule has 3 rings (SSSR count). The van der Waals surface area contributed by atoms with Gasteiger partial charge in [-0.15, -0.1) is 0 Å². The number of hydrogen-bond donors (Lipinski definition) is 1. The van der Waals surface area contributed by atoms with Crippen molar-refractivity contribution in [3.8, 4) is 11.3 Å². The topological polar surface area (TPSA) is 41.6 Å².